The molecule has 0 spiro atoms. The summed E-state index contributed by atoms with van der Waals surface area (Å²) in [6.07, 6.45) is -4.55. The minimum atomic E-state index is -4.55. The van der Waals surface area contributed by atoms with Gasteiger partial charge in [0.2, 0.25) is 0 Å². The molecule has 2 aromatic carbocycles. The Kier molecular flexibility index (Phi) is 3.94. The molecule has 0 aliphatic heterocycles. The maximum absolute atomic E-state index is 12.8. The largest absolute Gasteiger partial charge is 0.418 e. The van der Waals surface area contributed by atoms with Gasteiger partial charge in [-0.05, 0) is 36.4 Å². The van der Waals surface area contributed by atoms with Gasteiger partial charge < -0.3 is 5.32 Å². The van der Waals surface area contributed by atoms with Crippen molar-refractivity contribution in [3.8, 4) is 6.07 Å². The van der Waals surface area contributed by atoms with Crippen molar-refractivity contribution < 1.29 is 18.0 Å². The van der Waals surface area contributed by atoms with Gasteiger partial charge in [0.05, 0.1) is 22.9 Å². The zero-order chi connectivity index (χ0) is 15.5. The molecular formula is C15H9F3N2O. The molecule has 0 bridgehead atoms. The molecule has 0 aliphatic rings. The lowest BCUT2D eigenvalue weighted by atomic mass is 10.1. The highest BCUT2D eigenvalue weighted by Gasteiger charge is 2.33. The summed E-state index contributed by atoms with van der Waals surface area (Å²) in [4.78, 5) is 11.9. The number of nitriles is 1. The van der Waals surface area contributed by atoms with Crippen molar-refractivity contribution >= 4 is 11.6 Å². The average Bonchev–Trinajstić information content (AvgIpc) is 2.47. The summed E-state index contributed by atoms with van der Waals surface area (Å²) in [5, 5.41) is 10.9. The Labute approximate surface area is 118 Å². The zero-order valence-corrected chi connectivity index (χ0v) is 10.6. The van der Waals surface area contributed by atoms with Gasteiger partial charge in [-0.2, -0.15) is 18.4 Å². The van der Waals surface area contributed by atoms with Crippen LogP contribution in [0.2, 0.25) is 0 Å². The Balaban J connectivity index is 2.26. The van der Waals surface area contributed by atoms with E-state index in [2.05, 4.69) is 5.32 Å². The number of benzene rings is 2. The van der Waals surface area contributed by atoms with Crippen LogP contribution in [0.5, 0.6) is 0 Å². The van der Waals surface area contributed by atoms with Crippen LogP contribution in [-0.4, -0.2) is 5.91 Å². The molecule has 0 atom stereocenters. The van der Waals surface area contributed by atoms with Gasteiger partial charge in [-0.25, -0.2) is 0 Å². The maximum atomic E-state index is 12.8. The SMILES string of the molecule is N#Cc1ccc(C(=O)Nc2ccccc2C(F)(F)F)cc1. The average molecular weight is 290 g/mol. The van der Waals surface area contributed by atoms with Gasteiger partial charge in [0.25, 0.3) is 5.91 Å². The van der Waals surface area contributed by atoms with Crippen LogP contribution in [0.3, 0.4) is 0 Å². The Morgan fingerprint density at radius 2 is 1.67 bits per heavy atom. The number of carbonyl (C=O) groups is 1. The molecule has 0 fully saturated rings. The van der Waals surface area contributed by atoms with Crippen molar-refractivity contribution in [2.75, 3.05) is 5.32 Å². The van der Waals surface area contributed by atoms with Crippen LogP contribution in [-0.2, 0) is 6.18 Å². The molecule has 0 unspecified atom stereocenters. The second-order valence-corrected chi connectivity index (χ2v) is 4.19. The number of rotatable bonds is 2. The highest BCUT2D eigenvalue weighted by Crippen LogP contribution is 2.34. The molecule has 21 heavy (non-hydrogen) atoms. The minimum Gasteiger partial charge on any atom is -0.321 e. The van der Waals surface area contributed by atoms with Crippen molar-refractivity contribution in [3.05, 3.63) is 65.2 Å². The summed E-state index contributed by atoms with van der Waals surface area (Å²) in [6, 6.07) is 12.2. The normalized spacial score (nSPS) is 10.8. The fraction of sp³-hybridized carbons (Fsp3) is 0.0667. The zero-order valence-electron chi connectivity index (χ0n) is 10.6. The fourth-order valence-corrected chi connectivity index (χ4v) is 1.73. The van der Waals surface area contributed by atoms with E-state index >= 15 is 0 Å². The van der Waals surface area contributed by atoms with Crippen LogP contribution in [0.25, 0.3) is 0 Å². The summed E-state index contributed by atoms with van der Waals surface area (Å²) in [7, 11) is 0. The molecular weight excluding hydrogens is 281 g/mol. The molecule has 2 rings (SSSR count). The van der Waals surface area contributed by atoms with Crippen molar-refractivity contribution in [2.45, 2.75) is 6.18 Å². The summed E-state index contributed by atoms with van der Waals surface area (Å²) in [5.74, 6) is -0.670. The van der Waals surface area contributed by atoms with Gasteiger partial charge in [0.15, 0.2) is 0 Å². The number of carbonyl (C=O) groups excluding carboxylic acids is 1. The van der Waals surface area contributed by atoms with Gasteiger partial charge in [-0.1, -0.05) is 12.1 Å². The number of hydrogen-bond donors (Lipinski definition) is 1. The van der Waals surface area contributed by atoms with Gasteiger partial charge in [-0.3, -0.25) is 4.79 Å². The van der Waals surface area contributed by atoms with Crippen LogP contribution in [0.1, 0.15) is 21.5 Å². The first-order chi connectivity index (χ1) is 9.91. The Bertz CT molecular complexity index is 700. The second-order valence-electron chi connectivity index (χ2n) is 4.19. The number of anilines is 1. The quantitative estimate of drug-likeness (QED) is 0.913. The van der Waals surface area contributed by atoms with Crippen LogP contribution >= 0.6 is 0 Å². The van der Waals surface area contributed by atoms with E-state index in [1.807, 2.05) is 6.07 Å². The maximum Gasteiger partial charge on any atom is 0.418 e. The highest BCUT2D eigenvalue weighted by atomic mass is 19.4. The molecule has 0 aliphatic carbocycles. The van der Waals surface area contributed by atoms with Gasteiger partial charge in [0.1, 0.15) is 0 Å². The Hall–Kier alpha value is -2.81. The van der Waals surface area contributed by atoms with E-state index in [4.69, 9.17) is 5.26 Å². The van der Waals surface area contributed by atoms with E-state index in [1.165, 1.54) is 42.5 Å². The molecule has 3 nitrogen and oxygen atoms in total. The number of halogens is 3. The van der Waals surface area contributed by atoms with E-state index in [1.54, 1.807) is 0 Å². The minimum absolute atomic E-state index is 0.172. The van der Waals surface area contributed by atoms with Crippen molar-refractivity contribution in [1.82, 2.24) is 0 Å². The van der Waals surface area contributed by atoms with Crippen LogP contribution in [0.4, 0.5) is 18.9 Å². The number of alkyl halides is 3. The summed E-state index contributed by atoms with van der Waals surface area (Å²) < 4.78 is 38.4. The lowest BCUT2D eigenvalue weighted by Crippen LogP contribution is -2.16. The van der Waals surface area contributed by atoms with Crippen molar-refractivity contribution in [2.24, 2.45) is 0 Å². The first kappa shape index (κ1) is 14.6. The summed E-state index contributed by atoms with van der Waals surface area (Å²) in [6.45, 7) is 0. The van der Waals surface area contributed by atoms with E-state index < -0.39 is 17.6 Å². The molecule has 0 heterocycles. The number of para-hydroxylation sites is 1. The predicted octanol–water partition coefficient (Wildman–Crippen LogP) is 3.83. The second kappa shape index (κ2) is 5.67. The van der Waals surface area contributed by atoms with Gasteiger partial charge in [0, 0.05) is 5.56 Å². The third-order valence-corrected chi connectivity index (χ3v) is 2.76. The molecule has 2 aromatic rings. The third-order valence-electron chi connectivity index (χ3n) is 2.76. The fourth-order valence-electron chi connectivity index (χ4n) is 1.73. The summed E-state index contributed by atoms with van der Waals surface area (Å²) >= 11 is 0. The highest BCUT2D eigenvalue weighted by molar-refractivity contribution is 6.04. The monoisotopic (exact) mass is 290 g/mol. The molecule has 1 amide bonds. The molecule has 0 aromatic heterocycles. The number of nitrogens with one attached hydrogen (secondary N) is 1. The molecule has 0 radical (unpaired) electrons. The predicted molar refractivity (Wildman–Crippen MR) is 70.6 cm³/mol. The molecule has 0 saturated carbocycles. The topological polar surface area (TPSA) is 52.9 Å². The van der Waals surface area contributed by atoms with Crippen LogP contribution in [0, 0.1) is 11.3 Å². The van der Waals surface area contributed by atoms with E-state index in [-0.39, 0.29) is 11.3 Å². The van der Waals surface area contributed by atoms with Crippen LogP contribution < -0.4 is 5.32 Å². The lowest BCUT2D eigenvalue weighted by molar-refractivity contribution is -0.136. The smallest absolute Gasteiger partial charge is 0.321 e. The van der Waals surface area contributed by atoms with Crippen LogP contribution in [0.15, 0.2) is 48.5 Å². The standard InChI is InChI=1S/C15H9F3N2O/c16-15(17,18)12-3-1-2-4-13(12)20-14(21)11-7-5-10(9-19)6-8-11/h1-8H,(H,20,21). The van der Waals surface area contributed by atoms with Gasteiger partial charge in [-0.15, -0.1) is 0 Å². The van der Waals surface area contributed by atoms with Crippen molar-refractivity contribution in [3.63, 3.8) is 0 Å². The number of hydrogen-bond acceptors (Lipinski definition) is 2. The summed E-state index contributed by atoms with van der Waals surface area (Å²) in [5.41, 5.74) is -0.681. The first-order valence-electron chi connectivity index (χ1n) is 5.89. The number of amides is 1. The molecule has 1 N–H and O–H groups in total. The lowest BCUT2D eigenvalue weighted by Gasteiger charge is -2.13. The third kappa shape index (κ3) is 3.39. The number of nitrogens with zero attached hydrogens (tertiary/aromatic N) is 1. The molecule has 106 valence electrons. The molecule has 0 saturated heterocycles. The van der Waals surface area contributed by atoms with Crippen molar-refractivity contribution in [1.29, 1.82) is 5.26 Å². The van der Waals surface area contributed by atoms with E-state index in [9.17, 15) is 18.0 Å². The first-order valence-corrected chi connectivity index (χ1v) is 5.89. The van der Waals surface area contributed by atoms with Gasteiger partial charge >= 0.3 is 6.18 Å². The Morgan fingerprint density at radius 3 is 2.24 bits per heavy atom. The molecule has 6 heteroatoms. The van der Waals surface area contributed by atoms with E-state index in [0.29, 0.717) is 5.56 Å². The Morgan fingerprint density at radius 1 is 1.05 bits per heavy atom. The van der Waals surface area contributed by atoms with E-state index in [0.717, 1.165) is 6.07 Å².